The number of alkyl halides is 2. The van der Waals surface area contributed by atoms with E-state index in [0.717, 1.165) is 0 Å². The third kappa shape index (κ3) is 4.53. The molecule has 4 nitrogen and oxygen atoms in total. The Hall–Kier alpha value is -0.750. The van der Waals surface area contributed by atoms with Crippen molar-refractivity contribution in [3.63, 3.8) is 0 Å². The first-order chi connectivity index (χ1) is 6.89. The lowest BCUT2D eigenvalue weighted by Gasteiger charge is -2.32. The van der Waals surface area contributed by atoms with Crippen molar-refractivity contribution >= 4 is 5.97 Å². The summed E-state index contributed by atoms with van der Waals surface area (Å²) in [6, 6.07) is -0.478. The molecule has 0 saturated carbocycles. The summed E-state index contributed by atoms with van der Waals surface area (Å²) < 4.78 is 25.5. The summed E-state index contributed by atoms with van der Waals surface area (Å²) in [7, 11) is 0. The quantitative estimate of drug-likeness (QED) is 0.727. The minimum Gasteiger partial charge on any atom is -0.481 e. The van der Waals surface area contributed by atoms with Gasteiger partial charge in [0.2, 0.25) is 0 Å². The molecule has 1 unspecified atom stereocenters. The van der Waals surface area contributed by atoms with Crippen molar-refractivity contribution in [3.8, 4) is 0 Å². The SMILES string of the molecule is NC(CC(=O)O)CN1CCC(F)(F)CC1. The number of hydrogen-bond donors (Lipinski definition) is 2. The molecular formula is C9H16F2N2O2. The number of carboxylic acids is 1. The van der Waals surface area contributed by atoms with Crippen LogP contribution in [0.4, 0.5) is 8.78 Å². The third-order valence-corrected chi connectivity index (χ3v) is 2.52. The first-order valence-corrected chi connectivity index (χ1v) is 4.96. The van der Waals surface area contributed by atoms with Crippen LogP contribution in [0, 0.1) is 0 Å². The van der Waals surface area contributed by atoms with Gasteiger partial charge < -0.3 is 15.7 Å². The topological polar surface area (TPSA) is 66.6 Å². The maximum absolute atomic E-state index is 12.8. The fourth-order valence-electron chi connectivity index (χ4n) is 1.68. The van der Waals surface area contributed by atoms with Crippen LogP contribution in [0.3, 0.4) is 0 Å². The van der Waals surface area contributed by atoms with E-state index >= 15 is 0 Å². The van der Waals surface area contributed by atoms with E-state index in [4.69, 9.17) is 10.8 Å². The van der Waals surface area contributed by atoms with Crippen molar-refractivity contribution in [1.29, 1.82) is 0 Å². The Morgan fingerprint density at radius 2 is 2.00 bits per heavy atom. The zero-order valence-electron chi connectivity index (χ0n) is 8.46. The first-order valence-electron chi connectivity index (χ1n) is 4.96. The van der Waals surface area contributed by atoms with Crippen molar-refractivity contribution in [2.45, 2.75) is 31.2 Å². The van der Waals surface area contributed by atoms with E-state index in [1.807, 2.05) is 0 Å². The Bertz CT molecular complexity index is 226. The number of nitrogens with zero attached hydrogens (tertiary/aromatic N) is 1. The molecule has 15 heavy (non-hydrogen) atoms. The van der Waals surface area contributed by atoms with Gasteiger partial charge in [-0.15, -0.1) is 0 Å². The van der Waals surface area contributed by atoms with Crippen LogP contribution in [0.15, 0.2) is 0 Å². The highest BCUT2D eigenvalue weighted by Gasteiger charge is 2.34. The largest absolute Gasteiger partial charge is 0.481 e. The van der Waals surface area contributed by atoms with Gasteiger partial charge in [-0.25, -0.2) is 8.78 Å². The molecular weight excluding hydrogens is 206 g/mol. The molecule has 88 valence electrons. The van der Waals surface area contributed by atoms with Gasteiger partial charge in [-0.2, -0.15) is 0 Å². The molecule has 0 bridgehead atoms. The summed E-state index contributed by atoms with van der Waals surface area (Å²) in [6.45, 7) is 0.961. The smallest absolute Gasteiger partial charge is 0.304 e. The zero-order chi connectivity index (χ0) is 11.5. The average molecular weight is 222 g/mol. The Morgan fingerprint density at radius 1 is 1.47 bits per heavy atom. The van der Waals surface area contributed by atoms with E-state index in [1.165, 1.54) is 0 Å². The van der Waals surface area contributed by atoms with E-state index in [9.17, 15) is 13.6 Å². The number of carboxylic acid groups (broad SMARTS) is 1. The molecule has 1 rings (SSSR count). The van der Waals surface area contributed by atoms with Crippen LogP contribution in [0.25, 0.3) is 0 Å². The third-order valence-electron chi connectivity index (χ3n) is 2.52. The molecule has 6 heteroatoms. The average Bonchev–Trinajstić information content (AvgIpc) is 2.07. The molecule has 1 saturated heterocycles. The highest BCUT2D eigenvalue weighted by molar-refractivity contribution is 5.67. The lowest BCUT2D eigenvalue weighted by Crippen LogP contribution is -2.45. The number of carbonyl (C=O) groups is 1. The number of hydrogen-bond acceptors (Lipinski definition) is 3. The second-order valence-corrected chi connectivity index (χ2v) is 4.01. The molecule has 3 N–H and O–H groups in total. The molecule has 1 aliphatic rings. The highest BCUT2D eigenvalue weighted by Crippen LogP contribution is 2.27. The minimum atomic E-state index is -2.56. The highest BCUT2D eigenvalue weighted by atomic mass is 19.3. The second-order valence-electron chi connectivity index (χ2n) is 4.01. The fraction of sp³-hybridized carbons (Fsp3) is 0.889. The Labute approximate surface area is 87.0 Å². The van der Waals surface area contributed by atoms with Crippen molar-refractivity contribution in [2.24, 2.45) is 5.73 Å². The maximum atomic E-state index is 12.8. The molecule has 1 aliphatic heterocycles. The van der Waals surface area contributed by atoms with Gasteiger partial charge in [0.05, 0.1) is 6.42 Å². The Kier molecular flexibility index (Phi) is 3.98. The standard InChI is InChI=1S/C9H16F2N2O2/c10-9(11)1-3-13(4-2-9)6-7(12)5-8(14)15/h7H,1-6,12H2,(H,14,15). The molecule has 0 radical (unpaired) electrons. The van der Waals surface area contributed by atoms with Gasteiger partial charge in [0.25, 0.3) is 5.92 Å². The minimum absolute atomic E-state index is 0.118. The number of halogens is 2. The number of piperidine rings is 1. The Balaban J connectivity index is 2.26. The van der Waals surface area contributed by atoms with Crippen LogP contribution in [0.1, 0.15) is 19.3 Å². The number of aliphatic carboxylic acids is 1. The maximum Gasteiger partial charge on any atom is 0.304 e. The molecule has 0 aliphatic carbocycles. The van der Waals surface area contributed by atoms with Gasteiger partial charge in [0.1, 0.15) is 0 Å². The van der Waals surface area contributed by atoms with Crippen molar-refractivity contribution in [1.82, 2.24) is 4.90 Å². The molecule has 1 fully saturated rings. The normalized spacial score (nSPS) is 23.7. The Morgan fingerprint density at radius 3 is 2.47 bits per heavy atom. The van der Waals surface area contributed by atoms with Gasteiger partial charge in [0, 0.05) is 38.5 Å². The summed E-state index contributed by atoms with van der Waals surface area (Å²) >= 11 is 0. The van der Waals surface area contributed by atoms with Crippen molar-refractivity contribution < 1.29 is 18.7 Å². The van der Waals surface area contributed by atoms with Crippen LogP contribution in [0.5, 0.6) is 0 Å². The zero-order valence-corrected chi connectivity index (χ0v) is 8.46. The summed E-state index contributed by atoms with van der Waals surface area (Å²) in [5.74, 6) is -3.52. The van der Waals surface area contributed by atoms with Crippen LogP contribution < -0.4 is 5.73 Å². The molecule has 1 heterocycles. The van der Waals surface area contributed by atoms with Gasteiger partial charge in [0.15, 0.2) is 0 Å². The predicted molar refractivity (Wildman–Crippen MR) is 50.8 cm³/mol. The van der Waals surface area contributed by atoms with Crippen LogP contribution in [-0.2, 0) is 4.79 Å². The van der Waals surface area contributed by atoms with Gasteiger partial charge in [-0.1, -0.05) is 0 Å². The van der Waals surface area contributed by atoms with Crippen LogP contribution in [0.2, 0.25) is 0 Å². The van der Waals surface area contributed by atoms with Gasteiger partial charge in [-0.05, 0) is 0 Å². The van der Waals surface area contributed by atoms with E-state index in [-0.39, 0.29) is 19.3 Å². The number of rotatable bonds is 4. The fourth-order valence-corrected chi connectivity index (χ4v) is 1.68. The van der Waals surface area contributed by atoms with Crippen molar-refractivity contribution in [3.05, 3.63) is 0 Å². The second kappa shape index (κ2) is 4.85. The lowest BCUT2D eigenvalue weighted by molar-refractivity contribution is -0.137. The van der Waals surface area contributed by atoms with Gasteiger partial charge >= 0.3 is 5.97 Å². The van der Waals surface area contributed by atoms with Crippen molar-refractivity contribution in [2.75, 3.05) is 19.6 Å². The van der Waals surface area contributed by atoms with Crippen LogP contribution in [-0.4, -0.2) is 47.6 Å². The van der Waals surface area contributed by atoms with E-state index in [2.05, 4.69) is 0 Å². The summed E-state index contributed by atoms with van der Waals surface area (Å²) in [6.07, 6.45) is -0.438. The van der Waals surface area contributed by atoms with E-state index in [1.54, 1.807) is 4.90 Å². The van der Waals surface area contributed by atoms with Crippen LogP contribution >= 0.6 is 0 Å². The number of nitrogens with two attached hydrogens (primary N) is 1. The number of likely N-dealkylation sites (tertiary alicyclic amines) is 1. The summed E-state index contributed by atoms with van der Waals surface area (Å²) in [4.78, 5) is 12.1. The van der Waals surface area contributed by atoms with E-state index < -0.39 is 17.9 Å². The van der Waals surface area contributed by atoms with E-state index in [0.29, 0.717) is 19.6 Å². The predicted octanol–water partition coefficient (Wildman–Crippen LogP) is 0.519. The van der Waals surface area contributed by atoms with Gasteiger partial charge in [-0.3, -0.25) is 4.79 Å². The monoisotopic (exact) mass is 222 g/mol. The molecule has 0 aromatic rings. The molecule has 0 spiro atoms. The molecule has 0 amide bonds. The molecule has 0 aromatic carbocycles. The lowest BCUT2D eigenvalue weighted by atomic mass is 10.1. The molecule has 1 atom stereocenters. The molecule has 0 aromatic heterocycles. The summed E-state index contributed by atoms with van der Waals surface area (Å²) in [5.41, 5.74) is 5.56. The summed E-state index contributed by atoms with van der Waals surface area (Å²) in [5, 5.41) is 8.48. The first kappa shape index (κ1) is 12.3.